The van der Waals surface area contributed by atoms with Crippen molar-refractivity contribution in [3.8, 4) is 0 Å². The smallest absolute Gasteiger partial charge is 0.303 e. The molecule has 0 bridgehead atoms. The molecule has 132 valence electrons. The van der Waals surface area contributed by atoms with Gasteiger partial charge in [0.05, 0.1) is 4.90 Å². The molecular formula is C16H20ClNO5S. The molecule has 1 fully saturated rings. The number of likely N-dealkylation sites (tertiary alicyclic amines) is 1. The second-order valence-corrected chi connectivity index (χ2v) is 8.42. The molecule has 1 heterocycles. The van der Waals surface area contributed by atoms with Crippen LogP contribution in [0.4, 0.5) is 0 Å². The standard InChI is InChI=1S/C16H20ClNO5S/c17-13-4-6-14(7-5-13)24(22,23)11-15(19)18-9-1-2-12(10-18)3-8-16(20)21/h4-7,12H,1-3,8-11H2,(H,20,21). The number of nitrogens with zero attached hydrogens (tertiary/aromatic N) is 1. The highest BCUT2D eigenvalue weighted by Gasteiger charge is 2.28. The van der Waals surface area contributed by atoms with Gasteiger partial charge in [0.2, 0.25) is 5.91 Å². The molecule has 6 nitrogen and oxygen atoms in total. The fourth-order valence-electron chi connectivity index (χ4n) is 2.83. The fraction of sp³-hybridized carbons (Fsp3) is 0.500. The summed E-state index contributed by atoms with van der Waals surface area (Å²) in [6.07, 6.45) is 2.19. The second-order valence-electron chi connectivity index (χ2n) is 5.99. The third kappa shape index (κ3) is 5.21. The van der Waals surface area contributed by atoms with Crippen molar-refractivity contribution >= 4 is 33.3 Å². The SMILES string of the molecule is O=C(O)CCC1CCCN(C(=O)CS(=O)(=O)c2ccc(Cl)cc2)C1. The molecule has 0 saturated carbocycles. The first-order valence-corrected chi connectivity index (χ1v) is 9.79. The molecule has 1 aromatic carbocycles. The van der Waals surface area contributed by atoms with Crippen molar-refractivity contribution in [2.75, 3.05) is 18.8 Å². The van der Waals surface area contributed by atoms with Gasteiger partial charge in [-0.05, 0) is 49.4 Å². The number of carboxylic acids is 1. The molecule has 1 aliphatic heterocycles. The lowest BCUT2D eigenvalue weighted by molar-refractivity contribution is -0.137. The Kier molecular flexibility index (Phi) is 6.23. The summed E-state index contributed by atoms with van der Waals surface area (Å²) in [6, 6.07) is 5.72. The molecule has 2 rings (SSSR count). The number of aliphatic carboxylic acids is 1. The topological polar surface area (TPSA) is 91.8 Å². The quantitative estimate of drug-likeness (QED) is 0.825. The Labute approximate surface area is 146 Å². The number of halogens is 1. The van der Waals surface area contributed by atoms with Gasteiger partial charge < -0.3 is 10.0 Å². The van der Waals surface area contributed by atoms with Crippen LogP contribution in [0.2, 0.25) is 5.02 Å². The molecule has 0 spiro atoms. The van der Waals surface area contributed by atoms with Crippen molar-refractivity contribution < 1.29 is 23.1 Å². The number of sulfone groups is 1. The van der Waals surface area contributed by atoms with E-state index in [1.807, 2.05) is 0 Å². The minimum absolute atomic E-state index is 0.0652. The average molecular weight is 374 g/mol. The predicted octanol–water partition coefficient (Wildman–Crippen LogP) is 2.22. The van der Waals surface area contributed by atoms with Gasteiger partial charge in [-0.2, -0.15) is 0 Å². The van der Waals surface area contributed by atoms with Crippen LogP contribution < -0.4 is 0 Å². The minimum Gasteiger partial charge on any atom is -0.481 e. The Hall–Kier alpha value is -1.60. The van der Waals surface area contributed by atoms with Gasteiger partial charge in [0.25, 0.3) is 0 Å². The zero-order valence-corrected chi connectivity index (χ0v) is 14.7. The number of benzene rings is 1. The summed E-state index contributed by atoms with van der Waals surface area (Å²) in [5, 5.41) is 9.18. The van der Waals surface area contributed by atoms with Crippen molar-refractivity contribution in [2.45, 2.75) is 30.6 Å². The third-order valence-corrected chi connectivity index (χ3v) is 5.99. The van der Waals surface area contributed by atoms with Crippen LogP contribution in [-0.4, -0.2) is 49.1 Å². The maximum Gasteiger partial charge on any atom is 0.303 e. The van der Waals surface area contributed by atoms with Gasteiger partial charge in [-0.1, -0.05) is 11.6 Å². The van der Waals surface area contributed by atoms with Crippen LogP contribution >= 0.6 is 11.6 Å². The van der Waals surface area contributed by atoms with Crippen LogP contribution in [0.3, 0.4) is 0 Å². The summed E-state index contributed by atoms with van der Waals surface area (Å²) >= 11 is 5.75. The summed E-state index contributed by atoms with van der Waals surface area (Å²) in [6.45, 7) is 0.931. The third-order valence-electron chi connectivity index (χ3n) is 4.12. The van der Waals surface area contributed by atoms with Gasteiger partial charge in [-0.15, -0.1) is 0 Å². The van der Waals surface area contributed by atoms with Crippen molar-refractivity contribution in [3.05, 3.63) is 29.3 Å². The molecule has 1 N–H and O–H groups in total. The van der Waals surface area contributed by atoms with Crippen LogP contribution in [0, 0.1) is 5.92 Å². The van der Waals surface area contributed by atoms with Crippen molar-refractivity contribution in [3.63, 3.8) is 0 Å². The molecule has 24 heavy (non-hydrogen) atoms. The van der Waals surface area contributed by atoms with E-state index in [1.165, 1.54) is 29.2 Å². The number of piperidine rings is 1. The predicted molar refractivity (Wildman–Crippen MR) is 89.7 cm³/mol. The fourth-order valence-corrected chi connectivity index (χ4v) is 4.19. The normalized spacial score (nSPS) is 18.4. The highest BCUT2D eigenvalue weighted by atomic mass is 35.5. The summed E-state index contributed by atoms with van der Waals surface area (Å²) in [5.41, 5.74) is 0. The van der Waals surface area contributed by atoms with Gasteiger partial charge in [0.1, 0.15) is 5.75 Å². The molecule has 1 saturated heterocycles. The zero-order valence-electron chi connectivity index (χ0n) is 13.2. The number of rotatable bonds is 6. The molecule has 0 aromatic heterocycles. The van der Waals surface area contributed by atoms with E-state index in [4.69, 9.17) is 16.7 Å². The van der Waals surface area contributed by atoms with Crippen LogP contribution in [0.15, 0.2) is 29.2 Å². The summed E-state index contributed by atoms with van der Waals surface area (Å²) in [5.74, 6) is -1.77. The number of hydrogen-bond donors (Lipinski definition) is 1. The van der Waals surface area contributed by atoms with E-state index in [0.29, 0.717) is 24.5 Å². The van der Waals surface area contributed by atoms with E-state index in [9.17, 15) is 18.0 Å². The molecule has 0 aliphatic carbocycles. The summed E-state index contributed by atoms with van der Waals surface area (Å²) in [7, 11) is -3.71. The Morgan fingerprint density at radius 3 is 2.54 bits per heavy atom. The monoisotopic (exact) mass is 373 g/mol. The Morgan fingerprint density at radius 2 is 1.92 bits per heavy atom. The molecule has 1 atom stereocenters. The maximum atomic E-state index is 12.3. The molecule has 1 unspecified atom stereocenters. The summed E-state index contributed by atoms with van der Waals surface area (Å²) < 4.78 is 24.6. The highest BCUT2D eigenvalue weighted by molar-refractivity contribution is 7.92. The Morgan fingerprint density at radius 1 is 1.25 bits per heavy atom. The lowest BCUT2D eigenvalue weighted by atomic mass is 9.93. The maximum absolute atomic E-state index is 12.3. The van der Waals surface area contributed by atoms with Crippen LogP contribution in [0.1, 0.15) is 25.7 Å². The van der Waals surface area contributed by atoms with Crippen LogP contribution in [0.25, 0.3) is 0 Å². The van der Waals surface area contributed by atoms with Crippen LogP contribution in [0.5, 0.6) is 0 Å². The molecule has 1 aromatic rings. The lowest BCUT2D eigenvalue weighted by Gasteiger charge is -2.32. The molecule has 1 aliphatic rings. The first-order chi connectivity index (χ1) is 11.3. The largest absolute Gasteiger partial charge is 0.481 e. The first kappa shape index (κ1) is 18.7. The zero-order chi connectivity index (χ0) is 17.7. The number of amides is 1. The van der Waals surface area contributed by atoms with Crippen molar-refractivity contribution in [1.29, 1.82) is 0 Å². The summed E-state index contributed by atoms with van der Waals surface area (Å²) in [4.78, 5) is 24.6. The minimum atomic E-state index is -3.71. The number of carbonyl (C=O) groups excluding carboxylic acids is 1. The van der Waals surface area contributed by atoms with Gasteiger partial charge >= 0.3 is 5.97 Å². The van der Waals surface area contributed by atoms with Crippen molar-refractivity contribution in [1.82, 2.24) is 4.90 Å². The van der Waals surface area contributed by atoms with Gasteiger partial charge in [-0.3, -0.25) is 9.59 Å². The van der Waals surface area contributed by atoms with Gasteiger partial charge in [0, 0.05) is 24.5 Å². The van der Waals surface area contributed by atoms with E-state index >= 15 is 0 Å². The van der Waals surface area contributed by atoms with E-state index in [-0.39, 0.29) is 17.2 Å². The molecule has 0 radical (unpaired) electrons. The lowest BCUT2D eigenvalue weighted by Crippen LogP contribution is -2.42. The Bertz CT molecular complexity index is 702. The van der Waals surface area contributed by atoms with E-state index in [0.717, 1.165) is 12.8 Å². The molecular weight excluding hydrogens is 354 g/mol. The van der Waals surface area contributed by atoms with Gasteiger partial charge in [-0.25, -0.2) is 8.42 Å². The van der Waals surface area contributed by atoms with Gasteiger partial charge in [0.15, 0.2) is 9.84 Å². The first-order valence-electron chi connectivity index (χ1n) is 7.76. The van der Waals surface area contributed by atoms with E-state index < -0.39 is 27.5 Å². The number of hydrogen-bond acceptors (Lipinski definition) is 4. The Balaban J connectivity index is 1.98. The molecule has 8 heteroatoms. The highest BCUT2D eigenvalue weighted by Crippen LogP contribution is 2.22. The second kappa shape index (κ2) is 7.98. The number of carbonyl (C=O) groups is 2. The van der Waals surface area contributed by atoms with Crippen LogP contribution in [-0.2, 0) is 19.4 Å². The van der Waals surface area contributed by atoms with E-state index in [2.05, 4.69) is 0 Å². The molecule has 1 amide bonds. The average Bonchev–Trinajstić information content (AvgIpc) is 2.53. The van der Waals surface area contributed by atoms with E-state index in [1.54, 1.807) is 0 Å². The number of carboxylic acid groups (broad SMARTS) is 1. The van der Waals surface area contributed by atoms with Crippen molar-refractivity contribution in [2.24, 2.45) is 5.92 Å².